The Balaban J connectivity index is 1.59. The lowest BCUT2D eigenvalue weighted by atomic mass is 9.85. The monoisotopic (exact) mass is 409 g/mol. The molecule has 0 saturated heterocycles. The zero-order valence-corrected chi connectivity index (χ0v) is 17.6. The van der Waals surface area contributed by atoms with Crippen LogP contribution in [0, 0.1) is 0 Å². The third-order valence-electron chi connectivity index (χ3n) is 5.08. The summed E-state index contributed by atoms with van der Waals surface area (Å²) in [6, 6.07) is 11.8. The van der Waals surface area contributed by atoms with Gasteiger partial charge >= 0.3 is 5.56 Å². The first-order valence-corrected chi connectivity index (χ1v) is 10.3. The number of hydrogen-bond acceptors (Lipinski definition) is 6. The van der Waals surface area contributed by atoms with Gasteiger partial charge in [0.25, 0.3) is 11.1 Å². The van der Waals surface area contributed by atoms with Crippen molar-refractivity contribution in [2.24, 2.45) is 0 Å². The molecule has 0 bridgehead atoms. The Bertz CT molecular complexity index is 1260. The standard InChI is InChI=1S/C22H23N3O3S/c1-12(2)13-5-7-15-16(9-13)23-19(26)20(24-15)28-11-22(3,4)14-6-8-18-17(10-14)25-21(27)29-18/h5-10,12H,11H2,1-4H3,(H,23,26)(H,25,27). The summed E-state index contributed by atoms with van der Waals surface area (Å²) in [5.74, 6) is 0.437. The quantitative estimate of drug-likeness (QED) is 0.498. The summed E-state index contributed by atoms with van der Waals surface area (Å²) >= 11 is 1.25. The molecular weight excluding hydrogens is 386 g/mol. The van der Waals surface area contributed by atoms with Crippen LogP contribution in [0.5, 0.6) is 11.1 Å². The van der Waals surface area contributed by atoms with E-state index in [0.717, 1.165) is 21.3 Å². The molecule has 2 aromatic carbocycles. The summed E-state index contributed by atoms with van der Waals surface area (Å²) < 4.78 is 6.76. The van der Waals surface area contributed by atoms with E-state index in [1.807, 2.05) is 50.2 Å². The van der Waals surface area contributed by atoms with Crippen molar-refractivity contribution in [3.05, 3.63) is 57.9 Å². The largest absolute Gasteiger partial charge is 0.486 e. The van der Waals surface area contributed by atoms with Crippen molar-refractivity contribution in [2.75, 3.05) is 6.61 Å². The number of nitrogens with one attached hydrogen (secondary N) is 1. The van der Waals surface area contributed by atoms with Gasteiger partial charge < -0.3 is 14.8 Å². The van der Waals surface area contributed by atoms with Crippen LogP contribution in [0.2, 0.25) is 0 Å². The highest BCUT2D eigenvalue weighted by molar-refractivity contribution is 7.20. The number of aromatic hydroxyl groups is 1. The Morgan fingerprint density at radius 1 is 1.14 bits per heavy atom. The highest BCUT2D eigenvalue weighted by atomic mass is 32.1. The molecule has 150 valence electrons. The van der Waals surface area contributed by atoms with Gasteiger partial charge in [0, 0.05) is 5.41 Å². The second kappa shape index (κ2) is 7.15. The zero-order valence-electron chi connectivity index (χ0n) is 16.8. The molecule has 4 aromatic rings. The molecule has 7 heteroatoms. The van der Waals surface area contributed by atoms with Crippen LogP contribution in [0.1, 0.15) is 44.7 Å². The summed E-state index contributed by atoms with van der Waals surface area (Å²) in [5, 5.41) is 9.66. The van der Waals surface area contributed by atoms with Gasteiger partial charge in [0.2, 0.25) is 0 Å². The van der Waals surface area contributed by atoms with Gasteiger partial charge in [-0.1, -0.05) is 51.2 Å². The number of nitrogens with zero attached hydrogens (tertiary/aromatic N) is 2. The fourth-order valence-corrected chi connectivity index (χ4v) is 3.90. The van der Waals surface area contributed by atoms with E-state index in [-0.39, 0.29) is 28.7 Å². The minimum Gasteiger partial charge on any atom is -0.486 e. The topological polar surface area (TPSA) is 88.1 Å². The Morgan fingerprint density at radius 3 is 2.69 bits per heavy atom. The number of H-pyrrole nitrogens is 1. The van der Waals surface area contributed by atoms with E-state index in [9.17, 15) is 9.90 Å². The first kappa shape index (κ1) is 19.4. The fourth-order valence-electron chi connectivity index (χ4n) is 3.21. The van der Waals surface area contributed by atoms with Crippen molar-refractivity contribution in [2.45, 2.75) is 39.0 Å². The number of ether oxygens (including phenoxy) is 1. The molecule has 4 rings (SSSR count). The molecule has 2 N–H and O–H groups in total. The molecule has 29 heavy (non-hydrogen) atoms. The molecule has 0 aliphatic carbocycles. The lowest BCUT2D eigenvalue weighted by Gasteiger charge is -2.25. The molecule has 0 saturated carbocycles. The van der Waals surface area contributed by atoms with Gasteiger partial charge in [-0.2, -0.15) is 0 Å². The number of aromatic amines is 1. The maximum atomic E-state index is 12.5. The zero-order chi connectivity index (χ0) is 20.8. The SMILES string of the molecule is CC(C)c1ccc2nc(OCC(C)(C)c3ccc4sc(O)nc4c3)c(=O)[nH]c2c1. The van der Waals surface area contributed by atoms with Crippen LogP contribution in [0.25, 0.3) is 21.3 Å². The van der Waals surface area contributed by atoms with E-state index < -0.39 is 0 Å². The molecule has 0 atom stereocenters. The van der Waals surface area contributed by atoms with Gasteiger partial charge in [-0.25, -0.2) is 9.97 Å². The molecule has 0 fully saturated rings. The normalized spacial score (nSPS) is 12.2. The number of hydrogen-bond donors (Lipinski definition) is 2. The molecule has 0 aliphatic rings. The molecule has 0 aliphatic heterocycles. The van der Waals surface area contributed by atoms with Gasteiger partial charge in [-0.15, -0.1) is 0 Å². The highest BCUT2D eigenvalue weighted by Gasteiger charge is 2.24. The van der Waals surface area contributed by atoms with Crippen LogP contribution in [-0.4, -0.2) is 26.7 Å². The van der Waals surface area contributed by atoms with Crippen LogP contribution in [-0.2, 0) is 5.41 Å². The second-order valence-electron chi connectivity index (χ2n) is 8.15. The minimum atomic E-state index is -0.377. The van der Waals surface area contributed by atoms with Crippen LogP contribution in [0.15, 0.2) is 41.2 Å². The van der Waals surface area contributed by atoms with Gasteiger partial charge in [-0.3, -0.25) is 4.79 Å². The molecule has 2 aromatic heterocycles. The Hall–Kier alpha value is -2.93. The van der Waals surface area contributed by atoms with Crippen molar-refractivity contribution in [3.8, 4) is 11.1 Å². The van der Waals surface area contributed by atoms with Gasteiger partial charge in [-0.05, 0) is 41.3 Å². The molecular formula is C22H23N3O3S. The average Bonchev–Trinajstić information content (AvgIpc) is 3.05. The number of aromatic nitrogens is 3. The second-order valence-corrected chi connectivity index (χ2v) is 9.16. The highest BCUT2D eigenvalue weighted by Crippen LogP contribution is 2.31. The predicted molar refractivity (Wildman–Crippen MR) is 116 cm³/mol. The lowest BCUT2D eigenvalue weighted by molar-refractivity contribution is 0.230. The number of benzene rings is 2. The Labute approximate surface area is 172 Å². The van der Waals surface area contributed by atoms with E-state index in [2.05, 4.69) is 28.8 Å². The summed E-state index contributed by atoms with van der Waals surface area (Å²) in [5.41, 5.74) is 3.60. The van der Waals surface area contributed by atoms with E-state index in [4.69, 9.17) is 4.74 Å². The summed E-state index contributed by atoms with van der Waals surface area (Å²) in [6.07, 6.45) is 0. The van der Waals surface area contributed by atoms with E-state index >= 15 is 0 Å². The molecule has 2 heterocycles. The smallest absolute Gasteiger partial charge is 0.311 e. The van der Waals surface area contributed by atoms with Gasteiger partial charge in [0.05, 0.1) is 27.9 Å². The first-order chi connectivity index (χ1) is 13.7. The molecule has 0 unspecified atom stereocenters. The maximum absolute atomic E-state index is 12.5. The van der Waals surface area contributed by atoms with E-state index in [1.165, 1.54) is 11.3 Å². The summed E-state index contributed by atoms with van der Waals surface area (Å²) in [6.45, 7) is 8.56. The number of thiazole rings is 1. The maximum Gasteiger partial charge on any atom is 0.311 e. The minimum absolute atomic E-state index is 0.0544. The summed E-state index contributed by atoms with van der Waals surface area (Å²) in [4.78, 5) is 23.9. The molecule has 6 nitrogen and oxygen atoms in total. The lowest BCUT2D eigenvalue weighted by Crippen LogP contribution is -2.28. The predicted octanol–water partition coefficient (Wildman–Crippen LogP) is 4.72. The molecule has 0 spiro atoms. The number of rotatable bonds is 5. The van der Waals surface area contributed by atoms with E-state index in [1.54, 1.807) is 0 Å². The Morgan fingerprint density at radius 2 is 1.93 bits per heavy atom. The summed E-state index contributed by atoms with van der Waals surface area (Å²) in [7, 11) is 0. The van der Waals surface area contributed by atoms with Crippen LogP contribution in [0.4, 0.5) is 0 Å². The van der Waals surface area contributed by atoms with Gasteiger partial charge in [0.1, 0.15) is 0 Å². The third kappa shape index (κ3) is 3.82. The first-order valence-electron chi connectivity index (χ1n) is 9.50. The molecule has 0 amide bonds. The third-order valence-corrected chi connectivity index (χ3v) is 5.92. The van der Waals surface area contributed by atoms with Crippen molar-refractivity contribution in [1.29, 1.82) is 0 Å². The van der Waals surface area contributed by atoms with Crippen molar-refractivity contribution in [3.63, 3.8) is 0 Å². The number of fused-ring (bicyclic) bond motifs is 2. The Kier molecular flexibility index (Phi) is 4.78. The molecule has 0 radical (unpaired) electrons. The van der Waals surface area contributed by atoms with Crippen molar-refractivity contribution >= 4 is 32.6 Å². The van der Waals surface area contributed by atoms with Crippen molar-refractivity contribution in [1.82, 2.24) is 15.0 Å². The fraction of sp³-hybridized carbons (Fsp3) is 0.318. The van der Waals surface area contributed by atoms with Crippen LogP contribution < -0.4 is 10.3 Å². The van der Waals surface area contributed by atoms with Crippen LogP contribution in [0.3, 0.4) is 0 Å². The van der Waals surface area contributed by atoms with E-state index in [0.29, 0.717) is 17.0 Å². The average molecular weight is 410 g/mol. The van der Waals surface area contributed by atoms with Crippen molar-refractivity contribution < 1.29 is 9.84 Å². The van der Waals surface area contributed by atoms with Crippen LogP contribution >= 0.6 is 11.3 Å². The van der Waals surface area contributed by atoms with Gasteiger partial charge in [0.15, 0.2) is 0 Å².